The number of amides is 1. The smallest absolute Gasteiger partial charge is 0.255 e. The van der Waals surface area contributed by atoms with Crippen molar-refractivity contribution < 1.29 is 4.79 Å². The Morgan fingerprint density at radius 3 is 2.77 bits per heavy atom. The Balaban J connectivity index is 1.49. The minimum Gasteiger partial charge on any atom is -0.355 e. The van der Waals surface area contributed by atoms with Crippen LogP contribution in [0.5, 0.6) is 0 Å². The first-order valence-electron chi connectivity index (χ1n) is 9.02. The minimum absolute atomic E-state index is 0.0644. The molecular formula is C21H22N4O. The Hall–Kier alpha value is -2.95. The molecule has 3 heterocycles. The van der Waals surface area contributed by atoms with Crippen molar-refractivity contribution in [3.05, 3.63) is 66.0 Å². The SMILES string of the molecule is Cc1cncc(C(=O)N2CCCN(c3ccc4ccccc4n3)CC2)c1. The van der Waals surface area contributed by atoms with Crippen molar-refractivity contribution in [1.82, 2.24) is 14.9 Å². The van der Waals surface area contributed by atoms with E-state index in [1.165, 1.54) is 0 Å². The maximum Gasteiger partial charge on any atom is 0.255 e. The van der Waals surface area contributed by atoms with Gasteiger partial charge in [-0.25, -0.2) is 4.98 Å². The average molecular weight is 346 g/mol. The largest absolute Gasteiger partial charge is 0.355 e. The van der Waals surface area contributed by atoms with Gasteiger partial charge >= 0.3 is 0 Å². The van der Waals surface area contributed by atoms with Gasteiger partial charge in [0.05, 0.1) is 11.1 Å². The summed E-state index contributed by atoms with van der Waals surface area (Å²) in [7, 11) is 0. The third-order valence-corrected chi connectivity index (χ3v) is 4.81. The molecule has 1 fully saturated rings. The van der Waals surface area contributed by atoms with E-state index in [0.717, 1.165) is 48.3 Å². The highest BCUT2D eigenvalue weighted by atomic mass is 16.2. The average Bonchev–Trinajstić information content (AvgIpc) is 2.93. The summed E-state index contributed by atoms with van der Waals surface area (Å²) in [6, 6.07) is 14.2. The fourth-order valence-electron chi connectivity index (χ4n) is 3.44. The number of pyridine rings is 2. The number of hydrogen-bond acceptors (Lipinski definition) is 4. The van der Waals surface area contributed by atoms with E-state index in [-0.39, 0.29) is 5.91 Å². The fourth-order valence-corrected chi connectivity index (χ4v) is 3.44. The highest BCUT2D eigenvalue weighted by molar-refractivity contribution is 5.94. The van der Waals surface area contributed by atoms with Crippen LogP contribution >= 0.6 is 0 Å². The van der Waals surface area contributed by atoms with E-state index in [0.29, 0.717) is 12.1 Å². The summed E-state index contributed by atoms with van der Waals surface area (Å²) in [4.78, 5) is 25.9. The van der Waals surface area contributed by atoms with Gasteiger partial charge in [0.25, 0.3) is 5.91 Å². The summed E-state index contributed by atoms with van der Waals surface area (Å²) < 4.78 is 0. The van der Waals surface area contributed by atoms with Crippen LogP contribution in [0.15, 0.2) is 54.9 Å². The highest BCUT2D eigenvalue weighted by Gasteiger charge is 2.21. The Bertz CT molecular complexity index is 940. The lowest BCUT2D eigenvalue weighted by Gasteiger charge is -2.23. The zero-order valence-electron chi connectivity index (χ0n) is 14.9. The highest BCUT2D eigenvalue weighted by Crippen LogP contribution is 2.20. The zero-order chi connectivity index (χ0) is 17.9. The van der Waals surface area contributed by atoms with Gasteiger partial charge in [-0.3, -0.25) is 9.78 Å². The molecular weight excluding hydrogens is 324 g/mol. The number of benzene rings is 1. The molecule has 2 aromatic heterocycles. The summed E-state index contributed by atoms with van der Waals surface area (Å²) in [5.41, 5.74) is 2.68. The molecule has 132 valence electrons. The molecule has 0 atom stereocenters. The second kappa shape index (κ2) is 7.12. The number of anilines is 1. The van der Waals surface area contributed by atoms with Crippen molar-refractivity contribution in [2.45, 2.75) is 13.3 Å². The van der Waals surface area contributed by atoms with Crippen molar-refractivity contribution in [2.75, 3.05) is 31.1 Å². The number of para-hydroxylation sites is 1. The zero-order valence-corrected chi connectivity index (χ0v) is 14.9. The first kappa shape index (κ1) is 16.5. The van der Waals surface area contributed by atoms with Crippen molar-refractivity contribution in [1.29, 1.82) is 0 Å². The van der Waals surface area contributed by atoms with Gasteiger partial charge in [-0.05, 0) is 43.2 Å². The molecule has 0 unspecified atom stereocenters. The third kappa shape index (κ3) is 3.38. The molecule has 1 aliphatic heterocycles. The molecule has 4 rings (SSSR count). The molecule has 0 bridgehead atoms. The Labute approximate surface area is 153 Å². The normalized spacial score (nSPS) is 15.1. The van der Waals surface area contributed by atoms with Crippen LogP contribution < -0.4 is 4.90 Å². The van der Waals surface area contributed by atoms with Crippen LogP contribution in [0.3, 0.4) is 0 Å². The second-order valence-electron chi connectivity index (χ2n) is 6.75. The van der Waals surface area contributed by atoms with Gasteiger partial charge in [0.1, 0.15) is 5.82 Å². The first-order valence-corrected chi connectivity index (χ1v) is 9.02. The summed E-state index contributed by atoms with van der Waals surface area (Å²) in [6.45, 7) is 5.11. The van der Waals surface area contributed by atoms with Crippen LogP contribution in [-0.2, 0) is 0 Å². The van der Waals surface area contributed by atoms with E-state index in [1.54, 1.807) is 12.4 Å². The fraction of sp³-hybridized carbons (Fsp3) is 0.286. The standard InChI is InChI=1S/C21H22N4O/c1-16-13-18(15-22-14-16)21(26)25-10-4-9-24(11-12-25)20-8-7-17-5-2-3-6-19(17)23-20/h2-3,5-8,13-15H,4,9-12H2,1H3. The van der Waals surface area contributed by atoms with E-state index in [2.05, 4.69) is 28.1 Å². The van der Waals surface area contributed by atoms with Crippen LogP contribution in [0.25, 0.3) is 10.9 Å². The van der Waals surface area contributed by atoms with Crippen molar-refractivity contribution in [3.63, 3.8) is 0 Å². The predicted octanol–water partition coefficient (Wildman–Crippen LogP) is 3.29. The van der Waals surface area contributed by atoms with Crippen molar-refractivity contribution in [2.24, 2.45) is 0 Å². The summed E-state index contributed by atoms with van der Waals surface area (Å²) in [5, 5.41) is 1.15. The molecule has 1 saturated heterocycles. The molecule has 0 aliphatic carbocycles. The van der Waals surface area contributed by atoms with Crippen LogP contribution in [0.1, 0.15) is 22.3 Å². The lowest BCUT2D eigenvalue weighted by Crippen LogP contribution is -2.35. The van der Waals surface area contributed by atoms with Gasteiger partial charge in [-0.2, -0.15) is 0 Å². The quantitative estimate of drug-likeness (QED) is 0.714. The van der Waals surface area contributed by atoms with E-state index in [4.69, 9.17) is 4.98 Å². The summed E-state index contributed by atoms with van der Waals surface area (Å²) >= 11 is 0. The third-order valence-electron chi connectivity index (χ3n) is 4.81. The molecule has 5 nitrogen and oxygen atoms in total. The van der Waals surface area contributed by atoms with E-state index >= 15 is 0 Å². The van der Waals surface area contributed by atoms with Crippen molar-refractivity contribution in [3.8, 4) is 0 Å². The molecule has 0 N–H and O–H groups in total. The summed E-state index contributed by atoms with van der Waals surface area (Å²) in [5.74, 6) is 1.05. The van der Waals surface area contributed by atoms with E-state index < -0.39 is 0 Å². The number of aryl methyl sites for hydroxylation is 1. The number of nitrogens with zero attached hydrogens (tertiary/aromatic N) is 4. The van der Waals surface area contributed by atoms with Gasteiger partial charge < -0.3 is 9.80 Å². The van der Waals surface area contributed by atoms with Gasteiger partial charge in [0.15, 0.2) is 0 Å². The number of carbonyl (C=O) groups excluding carboxylic acids is 1. The maximum atomic E-state index is 12.8. The molecule has 0 saturated carbocycles. The molecule has 5 heteroatoms. The monoisotopic (exact) mass is 346 g/mol. The molecule has 1 aromatic carbocycles. The second-order valence-corrected chi connectivity index (χ2v) is 6.75. The van der Waals surface area contributed by atoms with Gasteiger partial charge in [-0.15, -0.1) is 0 Å². The molecule has 1 aliphatic rings. The molecule has 26 heavy (non-hydrogen) atoms. The number of hydrogen-bond donors (Lipinski definition) is 0. The predicted molar refractivity (Wildman–Crippen MR) is 103 cm³/mol. The Morgan fingerprint density at radius 1 is 1.00 bits per heavy atom. The van der Waals surface area contributed by atoms with E-state index in [9.17, 15) is 4.79 Å². The number of rotatable bonds is 2. The Morgan fingerprint density at radius 2 is 1.88 bits per heavy atom. The lowest BCUT2D eigenvalue weighted by molar-refractivity contribution is 0.0766. The van der Waals surface area contributed by atoms with Gasteiger partial charge in [0.2, 0.25) is 0 Å². The number of carbonyl (C=O) groups is 1. The molecule has 0 radical (unpaired) electrons. The number of aromatic nitrogens is 2. The van der Waals surface area contributed by atoms with Crippen LogP contribution in [0.2, 0.25) is 0 Å². The van der Waals surface area contributed by atoms with Gasteiger partial charge in [0, 0.05) is 44.0 Å². The van der Waals surface area contributed by atoms with Crippen LogP contribution in [0, 0.1) is 6.92 Å². The maximum absolute atomic E-state index is 12.8. The Kier molecular flexibility index (Phi) is 4.52. The van der Waals surface area contributed by atoms with Crippen LogP contribution in [-0.4, -0.2) is 47.0 Å². The van der Waals surface area contributed by atoms with Gasteiger partial charge in [-0.1, -0.05) is 18.2 Å². The lowest BCUT2D eigenvalue weighted by atomic mass is 10.2. The topological polar surface area (TPSA) is 49.3 Å². The first-order chi connectivity index (χ1) is 12.7. The molecule has 3 aromatic rings. The minimum atomic E-state index is 0.0644. The number of fused-ring (bicyclic) bond motifs is 1. The molecule has 1 amide bonds. The molecule has 0 spiro atoms. The van der Waals surface area contributed by atoms with Crippen LogP contribution in [0.4, 0.5) is 5.82 Å². The van der Waals surface area contributed by atoms with E-state index in [1.807, 2.05) is 36.1 Å². The summed E-state index contributed by atoms with van der Waals surface area (Å²) in [6.07, 6.45) is 4.36. The van der Waals surface area contributed by atoms with Crippen molar-refractivity contribution >= 4 is 22.6 Å².